The Morgan fingerprint density at radius 3 is 2.93 bits per heavy atom. The van der Waals surface area contributed by atoms with Gasteiger partial charge < -0.3 is 5.11 Å². The minimum atomic E-state index is -0.0514. The molecular weight excluding hydrogens is 198 g/mol. The summed E-state index contributed by atoms with van der Waals surface area (Å²) in [6.45, 7) is 2.10. The lowest BCUT2D eigenvalue weighted by molar-refractivity contribution is 0.202. The number of hydrogen-bond donors (Lipinski definition) is 2. The maximum absolute atomic E-state index is 9.10. The van der Waals surface area contributed by atoms with Gasteiger partial charge in [-0.1, -0.05) is 6.42 Å². The van der Waals surface area contributed by atoms with E-state index in [4.69, 9.17) is 17.3 Å². The monoisotopic (exact) mass is 213 g/mol. The molecule has 0 aliphatic heterocycles. The van der Waals surface area contributed by atoms with Crippen LogP contribution >= 0.6 is 12.2 Å². The summed E-state index contributed by atoms with van der Waals surface area (Å²) in [7, 11) is 0. The molecule has 1 atom stereocenters. The number of H-pyrrole nitrogens is 1. The van der Waals surface area contributed by atoms with Crippen molar-refractivity contribution in [1.29, 1.82) is 0 Å². The van der Waals surface area contributed by atoms with Crippen molar-refractivity contribution in [2.75, 3.05) is 0 Å². The van der Waals surface area contributed by atoms with Gasteiger partial charge in [0.05, 0.1) is 0 Å². The van der Waals surface area contributed by atoms with Crippen LogP contribution in [0, 0.1) is 10.7 Å². The van der Waals surface area contributed by atoms with E-state index in [1.807, 2.05) is 4.57 Å². The predicted molar refractivity (Wildman–Crippen MR) is 55.4 cm³/mol. The van der Waals surface area contributed by atoms with Gasteiger partial charge in [-0.05, 0) is 37.9 Å². The van der Waals surface area contributed by atoms with E-state index in [2.05, 4.69) is 17.1 Å². The van der Waals surface area contributed by atoms with E-state index in [9.17, 15) is 0 Å². The second-order valence-electron chi connectivity index (χ2n) is 3.90. The average molecular weight is 213 g/mol. The molecule has 0 bridgehead atoms. The third-order valence-electron chi connectivity index (χ3n) is 3.16. The van der Waals surface area contributed by atoms with E-state index in [1.54, 1.807) is 0 Å². The molecule has 5 heteroatoms. The average Bonchev–Trinajstić information content (AvgIpc) is 2.43. The highest BCUT2D eigenvalue weighted by Crippen LogP contribution is 2.36. The predicted octanol–water partition coefficient (Wildman–Crippen LogP) is 1.79. The van der Waals surface area contributed by atoms with Crippen LogP contribution in [0.2, 0.25) is 0 Å². The minimum absolute atomic E-state index is 0.0514. The highest BCUT2D eigenvalue weighted by Gasteiger charge is 2.27. The van der Waals surface area contributed by atoms with Gasteiger partial charge in [-0.25, -0.2) is 0 Å². The Morgan fingerprint density at radius 2 is 2.43 bits per heavy atom. The Kier molecular flexibility index (Phi) is 2.69. The lowest BCUT2D eigenvalue weighted by Gasteiger charge is -2.32. The molecule has 1 aliphatic carbocycles. The van der Waals surface area contributed by atoms with E-state index < -0.39 is 0 Å². The first-order valence-electron chi connectivity index (χ1n) is 5.00. The molecule has 1 aromatic rings. The molecule has 0 spiro atoms. The number of rotatable bonds is 3. The van der Waals surface area contributed by atoms with E-state index in [1.165, 1.54) is 19.3 Å². The van der Waals surface area contributed by atoms with E-state index >= 15 is 0 Å². The van der Waals surface area contributed by atoms with Gasteiger partial charge in [-0.3, -0.25) is 9.67 Å². The molecule has 0 amide bonds. The first-order chi connectivity index (χ1) is 6.74. The zero-order valence-electron chi connectivity index (χ0n) is 8.23. The summed E-state index contributed by atoms with van der Waals surface area (Å²) in [5.41, 5.74) is 0. The van der Waals surface area contributed by atoms with Gasteiger partial charge in [0.25, 0.3) is 0 Å². The van der Waals surface area contributed by atoms with Crippen molar-refractivity contribution >= 4 is 12.2 Å². The summed E-state index contributed by atoms with van der Waals surface area (Å²) >= 11 is 5.14. The molecule has 1 heterocycles. The molecule has 14 heavy (non-hydrogen) atoms. The van der Waals surface area contributed by atoms with Crippen LogP contribution < -0.4 is 0 Å². The summed E-state index contributed by atoms with van der Waals surface area (Å²) in [5, 5.41) is 15.8. The molecule has 1 unspecified atom stereocenters. The zero-order chi connectivity index (χ0) is 10.1. The number of aromatic amines is 1. The van der Waals surface area contributed by atoms with E-state index in [0.29, 0.717) is 22.6 Å². The minimum Gasteiger partial charge on any atom is -0.388 e. The Bertz CT molecular complexity index is 366. The Hall–Kier alpha value is -0.680. The molecule has 4 nitrogen and oxygen atoms in total. The molecule has 2 rings (SSSR count). The first kappa shape index (κ1) is 9.86. The normalized spacial score (nSPS) is 19.3. The van der Waals surface area contributed by atoms with Gasteiger partial charge >= 0.3 is 0 Å². The Labute approximate surface area is 88.0 Å². The first-order valence-corrected chi connectivity index (χ1v) is 5.41. The van der Waals surface area contributed by atoms with E-state index in [-0.39, 0.29) is 6.61 Å². The molecule has 0 saturated heterocycles. The summed E-state index contributed by atoms with van der Waals surface area (Å²) in [4.78, 5) is 0. The summed E-state index contributed by atoms with van der Waals surface area (Å²) < 4.78 is 2.56. The number of nitrogens with zero attached hydrogens (tertiary/aromatic N) is 2. The SMILES string of the molecule is CC(C1CCC1)n1c(CO)n[nH]c1=S. The van der Waals surface area contributed by atoms with Crippen LogP contribution in [0.1, 0.15) is 38.1 Å². The van der Waals surface area contributed by atoms with Crippen molar-refractivity contribution in [3.63, 3.8) is 0 Å². The van der Waals surface area contributed by atoms with Gasteiger partial charge in [0.1, 0.15) is 6.61 Å². The molecule has 1 aromatic heterocycles. The topological polar surface area (TPSA) is 53.8 Å². The summed E-state index contributed by atoms with van der Waals surface area (Å²) in [5.74, 6) is 1.35. The fraction of sp³-hybridized carbons (Fsp3) is 0.778. The maximum atomic E-state index is 9.10. The molecular formula is C9H15N3OS. The second kappa shape index (κ2) is 3.82. The van der Waals surface area contributed by atoms with Crippen LogP contribution in [-0.2, 0) is 6.61 Å². The molecule has 2 N–H and O–H groups in total. The lowest BCUT2D eigenvalue weighted by atomic mass is 9.80. The fourth-order valence-corrected chi connectivity index (χ4v) is 2.32. The van der Waals surface area contributed by atoms with Gasteiger partial charge in [-0.2, -0.15) is 5.10 Å². The molecule has 0 radical (unpaired) electrons. The van der Waals surface area contributed by atoms with Crippen molar-refractivity contribution < 1.29 is 5.11 Å². The standard InChI is InChI=1S/C9H15N3OS/c1-6(7-3-2-4-7)12-8(5-13)10-11-9(12)14/h6-7,13H,2-5H2,1H3,(H,11,14). The van der Waals surface area contributed by atoms with Crippen LogP contribution in [0.15, 0.2) is 0 Å². The molecule has 0 aromatic carbocycles. The largest absolute Gasteiger partial charge is 0.388 e. The van der Waals surface area contributed by atoms with Crippen LogP contribution in [0.3, 0.4) is 0 Å². The van der Waals surface area contributed by atoms with Crippen LogP contribution in [0.5, 0.6) is 0 Å². The lowest BCUT2D eigenvalue weighted by Crippen LogP contribution is -2.24. The van der Waals surface area contributed by atoms with Crippen molar-refractivity contribution in [2.45, 2.75) is 38.8 Å². The summed E-state index contributed by atoms with van der Waals surface area (Å²) in [6, 6.07) is 0.358. The Balaban J connectivity index is 2.28. The zero-order valence-corrected chi connectivity index (χ0v) is 9.05. The van der Waals surface area contributed by atoms with Crippen molar-refractivity contribution in [3.05, 3.63) is 10.6 Å². The third kappa shape index (κ3) is 1.50. The number of nitrogens with one attached hydrogen (secondary N) is 1. The van der Waals surface area contributed by atoms with E-state index in [0.717, 1.165) is 0 Å². The molecule has 78 valence electrons. The van der Waals surface area contributed by atoms with Gasteiger partial charge in [0.2, 0.25) is 0 Å². The molecule has 1 fully saturated rings. The molecule has 1 aliphatic rings. The van der Waals surface area contributed by atoms with Gasteiger partial charge in [0, 0.05) is 6.04 Å². The van der Waals surface area contributed by atoms with Gasteiger partial charge in [-0.15, -0.1) is 0 Å². The molecule has 1 saturated carbocycles. The van der Waals surface area contributed by atoms with Crippen LogP contribution in [-0.4, -0.2) is 19.9 Å². The number of hydrogen-bond acceptors (Lipinski definition) is 3. The smallest absolute Gasteiger partial charge is 0.195 e. The Morgan fingerprint density at radius 1 is 1.71 bits per heavy atom. The number of aromatic nitrogens is 3. The third-order valence-corrected chi connectivity index (χ3v) is 3.45. The van der Waals surface area contributed by atoms with Crippen LogP contribution in [0.4, 0.5) is 0 Å². The second-order valence-corrected chi connectivity index (χ2v) is 4.29. The fourth-order valence-electron chi connectivity index (χ4n) is 2.00. The van der Waals surface area contributed by atoms with Crippen LogP contribution in [0.25, 0.3) is 0 Å². The quantitative estimate of drug-likeness (QED) is 0.753. The van der Waals surface area contributed by atoms with Crippen molar-refractivity contribution in [3.8, 4) is 0 Å². The number of aliphatic hydroxyl groups excluding tert-OH is 1. The maximum Gasteiger partial charge on any atom is 0.195 e. The number of aliphatic hydroxyl groups is 1. The highest BCUT2D eigenvalue weighted by atomic mass is 32.1. The van der Waals surface area contributed by atoms with Crippen molar-refractivity contribution in [1.82, 2.24) is 14.8 Å². The summed E-state index contributed by atoms with van der Waals surface area (Å²) in [6.07, 6.45) is 3.84. The van der Waals surface area contributed by atoms with Gasteiger partial charge in [0.15, 0.2) is 10.6 Å². The highest BCUT2D eigenvalue weighted by molar-refractivity contribution is 7.71. The van der Waals surface area contributed by atoms with Crippen molar-refractivity contribution in [2.24, 2.45) is 5.92 Å².